The number of nitriles is 1. The molecule has 2 aromatic carbocycles. The molecule has 48 heavy (non-hydrogen) atoms. The molecule has 12 heteroatoms. The lowest BCUT2D eigenvalue weighted by Gasteiger charge is -2.50. The number of hydrogen-bond acceptors (Lipinski definition) is 8. The molecule has 3 atom stereocenters. The summed E-state index contributed by atoms with van der Waals surface area (Å²) in [5, 5.41) is 19.0. The van der Waals surface area contributed by atoms with E-state index in [0.29, 0.717) is 55.5 Å². The van der Waals surface area contributed by atoms with E-state index in [9.17, 15) is 15.2 Å². The largest absolute Gasteiger partial charge is 0.488 e. The first kappa shape index (κ1) is 35.1. The van der Waals surface area contributed by atoms with E-state index in [1.54, 1.807) is 42.5 Å². The van der Waals surface area contributed by atoms with E-state index in [1.807, 2.05) is 6.07 Å². The van der Waals surface area contributed by atoms with E-state index in [2.05, 4.69) is 9.88 Å². The minimum Gasteiger partial charge on any atom is -0.488 e. The Morgan fingerprint density at radius 2 is 1.96 bits per heavy atom. The summed E-state index contributed by atoms with van der Waals surface area (Å²) >= 11 is 6.49. The van der Waals surface area contributed by atoms with Gasteiger partial charge in [0.1, 0.15) is 41.8 Å². The molecule has 1 aromatic heterocycles. The summed E-state index contributed by atoms with van der Waals surface area (Å²) in [7, 11) is 0. The second kappa shape index (κ2) is 14.9. The highest BCUT2D eigenvalue weighted by atomic mass is 35.5. The highest BCUT2D eigenvalue weighted by molar-refractivity contribution is 6.32. The molecule has 1 saturated heterocycles. The Bertz CT molecular complexity index is 1710. The van der Waals surface area contributed by atoms with E-state index < -0.39 is 29.9 Å². The highest BCUT2D eigenvalue weighted by Crippen LogP contribution is 2.58. The first-order chi connectivity index (χ1) is 23.0. The summed E-state index contributed by atoms with van der Waals surface area (Å²) in [6.45, 7) is 2.23. The molecule has 1 fully saturated rings. The summed E-state index contributed by atoms with van der Waals surface area (Å²) in [6, 6.07) is 14.6. The van der Waals surface area contributed by atoms with Gasteiger partial charge in [-0.05, 0) is 49.1 Å². The fraction of sp³-hybridized carbons (Fsp3) is 0.361. The molecule has 0 amide bonds. The number of carbonyl (C=O) groups excluding carboxylic acids is 1. The van der Waals surface area contributed by atoms with Crippen LogP contribution < -0.4 is 9.47 Å². The molecule has 8 nitrogen and oxygen atoms in total. The van der Waals surface area contributed by atoms with Crippen LogP contribution in [0.2, 0.25) is 5.02 Å². The van der Waals surface area contributed by atoms with Crippen LogP contribution in [0.1, 0.15) is 46.8 Å². The number of ether oxygens (including phenoxy) is 3. The van der Waals surface area contributed by atoms with Gasteiger partial charge in [0.2, 0.25) is 0 Å². The molecule has 2 aliphatic rings. The van der Waals surface area contributed by atoms with Gasteiger partial charge in [-0.3, -0.25) is 9.78 Å². The van der Waals surface area contributed by atoms with Crippen molar-refractivity contribution in [3.63, 3.8) is 0 Å². The summed E-state index contributed by atoms with van der Waals surface area (Å²) in [5.41, 5.74) is -3.20. The molecule has 252 valence electrons. The third-order valence-electron chi connectivity index (χ3n) is 8.84. The number of benzene rings is 2. The molecular weight excluding hydrogens is 647 g/mol. The van der Waals surface area contributed by atoms with E-state index in [-0.39, 0.29) is 40.9 Å². The van der Waals surface area contributed by atoms with Crippen LogP contribution in [-0.4, -0.2) is 72.0 Å². The minimum atomic E-state index is -4.78. The smallest absolute Gasteiger partial charge is 0.401 e. The topological polar surface area (TPSA) is 105 Å². The number of hydrogen-bond donors (Lipinski definition) is 1. The SMILES string of the molecule is C[C@@]1(C(F)(F)F)C(c2ccccc2)=CC=CC1(COc1cc(OCc2cncc(C#N)c2)c(C=O)cc1Cl)OCCCN1CCC(O)C1. The molecule has 2 unspecified atom stereocenters. The van der Waals surface area contributed by atoms with Crippen molar-refractivity contribution in [3.05, 3.63) is 106 Å². The Kier molecular flexibility index (Phi) is 10.9. The average molecular weight is 682 g/mol. The molecule has 0 bridgehead atoms. The Balaban J connectivity index is 1.45. The number of aliphatic hydroxyl groups excluding tert-OH is 1. The van der Waals surface area contributed by atoms with E-state index in [0.717, 1.165) is 6.92 Å². The van der Waals surface area contributed by atoms with Gasteiger partial charge in [-0.15, -0.1) is 0 Å². The van der Waals surface area contributed by atoms with Crippen LogP contribution >= 0.6 is 11.6 Å². The summed E-state index contributed by atoms with van der Waals surface area (Å²) < 4.78 is 64.7. The van der Waals surface area contributed by atoms with Crippen LogP contribution in [-0.2, 0) is 11.3 Å². The van der Waals surface area contributed by atoms with Crippen molar-refractivity contribution in [1.82, 2.24) is 9.88 Å². The molecule has 1 N–H and O–H groups in total. The van der Waals surface area contributed by atoms with Crippen molar-refractivity contribution >= 4 is 23.5 Å². The Morgan fingerprint density at radius 3 is 2.65 bits per heavy atom. The predicted molar refractivity (Wildman–Crippen MR) is 174 cm³/mol. The fourth-order valence-corrected chi connectivity index (χ4v) is 6.32. The lowest BCUT2D eigenvalue weighted by atomic mass is 9.63. The van der Waals surface area contributed by atoms with E-state index in [1.165, 1.54) is 36.7 Å². The van der Waals surface area contributed by atoms with Crippen molar-refractivity contribution in [2.45, 2.75) is 44.3 Å². The maximum atomic E-state index is 15.5. The number of alkyl halides is 3. The molecule has 0 saturated carbocycles. The van der Waals surface area contributed by atoms with Gasteiger partial charge >= 0.3 is 6.18 Å². The van der Waals surface area contributed by atoms with Gasteiger partial charge in [-0.2, -0.15) is 18.4 Å². The number of pyridine rings is 1. The molecule has 0 spiro atoms. The van der Waals surface area contributed by atoms with Crippen LogP contribution in [0.15, 0.2) is 79.2 Å². The second-order valence-electron chi connectivity index (χ2n) is 12.0. The highest BCUT2D eigenvalue weighted by Gasteiger charge is 2.67. The Labute approximate surface area is 282 Å². The van der Waals surface area contributed by atoms with Crippen LogP contribution in [0.25, 0.3) is 5.57 Å². The number of halogens is 4. The van der Waals surface area contributed by atoms with Gasteiger partial charge in [-0.25, -0.2) is 0 Å². The van der Waals surface area contributed by atoms with E-state index in [4.69, 9.17) is 25.8 Å². The number of rotatable bonds is 13. The van der Waals surface area contributed by atoms with Crippen LogP contribution in [0, 0.1) is 16.7 Å². The molecule has 0 radical (unpaired) electrons. The number of carbonyl (C=O) groups is 1. The lowest BCUT2D eigenvalue weighted by Crippen LogP contribution is -2.60. The number of nitrogens with zero attached hydrogens (tertiary/aromatic N) is 3. The van der Waals surface area contributed by atoms with Gasteiger partial charge in [0.05, 0.1) is 22.3 Å². The first-order valence-electron chi connectivity index (χ1n) is 15.4. The van der Waals surface area contributed by atoms with Crippen molar-refractivity contribution in [3.8, 4) is 17.6 Å². The molecule has 2 heterocycles. The lowest BCUT2D eigenvalue weighted by molar-refractivity contribution is -0.258. The van der Waals surface area contributed by atoms with Crippen LogP contribution in [0.3, 0.4) is 0 Å². The zero-order valence-corrected chi connectivity index (χ0v) is 27.0. The summed E-state index contributed by atoms with van der Waals surface area (Å²) in [4.78, 5) is 17.9. The molecule has 5 rings (SSSR count). The van der Waals surface area contributed by atoms with Crippen LogP contribution in [0.5, 0.6) is 11.5 Å². The van der Waals surface area contributed by atoms with Gasteiger partial charge in [-0.1, -0.05) is 54.1 Å². The Hall–Kier alpha value is -4.21. The summed E-state index contributed by atoms with van der Waals surface area (Å²) in [6.07, 6.45) is 3.70. The van der Waals surface area contributed by atoms with Gasteiger partial charge < -0.3 is 24.2 Å². The van der Waals surface area contributed by atoms with Gasteiger partial charge in [0.15, 0.2) is 6.29 Å². The number of aliphatic hydroxyl groups is 1. The van der Waals surface area contributed by atoms with E-state index >= 15 is 13.2 Å². The average Bonchev–Trinajstić information content (AvgIpc) is 3.50. The van der Waals surface area contributed by atoms with Crippen molar-refractivity contribution in [2.75, 3.05) is 32.8 Å². The monoisotopic (exact) mass is 681 g/mol. The second-order valence-corrected chi connectivity index (χ2v) is 12.4. The van der Waals surface area contributed by atoms with Gasteiger partial charge in [0, 0.05) is 50.3 Å². The number of aromatic nitrogens is 1. The van der Waals surface area contributed by atoms with Gasteiger partial charge in [0.25, 0.3) is 0 Å². The number of β-amino-alcohol motifs (C(OH)–C–C–N with tert-alkyl or cyclic N) is 1. The molecule has 1 aliphatic carbocycles. The molecular formula is C36H35ClF3N3O5. The van der Waals surface area contributed by atoms with Crippen molar-refractivity contribution in [1.29, 1.82) is 5.26 Å². The zero-order chi connectivity index (χ0) is 34.4. The zero-order valence-electron chi connectivity index (χ0n) is 26.3. The predicted octanol–water partition coefficient (Wildman–Crippen LogP) is 6.81. The third-order valence-corrected chi connectivity index (χ3v) is 9.14. The third kappa shape index (κ3) is 7.42. The maximum Gasteiger partial charge on any atom is 0.401 e. The normalized spacial score (nSPS) is 22.6. The quantitative estimate of drug-likeness (QED) is 0.155. The summed E-state index contributed by atoms with van der Waals surface area (Å²) in [5.74, 6) is 0.0705. The van der Waals surface area contributed by atoms with Crippen LogP contribution in [0.4, 0.5) is 13.2 Å². The minimum absolute atomic E-state index is 0.00680. The standard InChI is InChI=1S/C36H35ClF3N3O5/c1-34(36(38,39)40)30(27-7-3-2-4-8-27)9-5-11-35(34,48-14-6-12-43-13-10-29(45)21-43)24-47-33-17-32(28(22-44)16-31(33)37)46-23-26-15-25(18-41)19-42-20-26/h2-5,7-9,11,15-17,19-20,22,29,45H,6,10,12-14,21,23-24H2,1H3/t29?,34-,35?/m1/s1. The first-order valence-corrected chi connectivity index (χ1v) is 15.8. The molecule has 1 aliphatic heterocycles. The maximum absolute atomic E-state index is 15.5. The number of likely N-dealkylation sites (tertiary alicyclic amines) is 1. The van der Waals surface area contributed by atoms with Crippen molar-refractivity contribution < 1.29 is 37.3 Å². The van der Waals surface area contributed by atoms with Crippen molar-refractivity contribution in [2.24, 2.45) is 5.41 Å². The molecule has 3 aromatic rings. The number of allylic oxidation sites excluding steroid dienone is 2. The fourth-order valence-electron chi connectivity index (χ4n) is 6.09. The Morgan fingerprint density at radius 1 is 1.17 bits per heavy atom. The number of aldehydes is 1.